The van der Waals surface area contributed by atoms with E-state index >= 15 is 0 Å². The summed E-state index contributed by atoms with van der Waals surface area (Å²) < 4.78 is 13.5. The molecular weight excluding hydrogens is 311 g/mol. The summed E-state index contributed by atoms with van der Waals surface area (Å²) in [6.07, 6.45) is 2.21. The summed E-state index contributed by atoms with van der Waals surface area (Å²) in [4.78, 5) is 27.9. The molecule has 1 aromatic carbocycles. The van der Waals surface area contributed by atoms with E-state index in [0.29, 0.717) is 25.2 Å². The first-order valence-electron chi connectivity index (χ1n) is 8.49. The number of piperidine rings is 2. The Bertz CT molecular complexity index is 636. The molecule has 2 heterocycles. The van der Waals surface area contributed by atoms with Gasteiger partial charge < -0.3 is 10.0 Å². The lowest BCUT2D eigenvalue weighted by Crippen LogP contribution is -2.56. The Morgan fingerprint density at radius 1 is 1.33 bits per heavy atom. The van der Waals surface area contributed by atoms with Crippen LogP contribution in [0.1, 0.15) is 26.2 Å². The molecule has 6 heteroatoms. The largest absolute Gasteiger partial charge is 0.481 e. The van der Waals surface area contributed by atoms with E-state index in [9.17, 15) is 19.1 Å². The summed E-state index contributed by atoms with van der Waals surface area (Å²) in [6, 6.07) is 5.76. The molecule has 0 saturated carbocycles. The van der Waals surface area contributed by atoms with Crippen molar-refractivity contribution in [3.8, 4) is 0 Å². The van der Waals surface area contributed by atoms with Gasteiger partial charge in [-0.1, -0.05) is 13.0 Å². The summed E-state index contributed by atoms with van der Waals surface area (Å²) in [7, 11) is 0. The zero-order valence-corrected chi connectivity index (χ0v) is 13.8. The molecule has 3 rings (SSSR count). The van der Waals surface area contributed by atoms with Crippen LogP contribution in [-0.4, -0.2) is 47.6 Å². The zero-order valence-electron chi connectivity index (χ0n) is 13.8. The number of halogens is 1. The summed E-state index contributed by atoms with van der Waals surface area (Å²) in [6.45, 7) is 3.74. The molecule has 130 valence electrons. The maximum Gasteiger partial charge on any atom is 0.307 e. The Labute approximate surface area is 141 Å². The number of aliphatic carboxylic acids is 1. The van der Waals surface area contributed by atoms with Gasteiger partial charge in [0.25, 0.3) is 0 Å². The van der Waals surface area contributed by atoms with E-state index in [1.54, 1.807) is 17.0 Å². The van der Waals surface area contributed by atoms with Crippen molar-refractivity contribution in [3.63, 3.8) is 0 Å². The molecule has 0 spiro atoms. The minimum Gasteiger partial charge on any atom is -0.481 e. The first kappa shape index (κ1) is 16.9. The quantitative estimate of drug-likeness (QED) is 0.922. The van der Waals surface area contributed by atoms with Crippen LogP contribution in [0.2, 0.25) is 0 Å². The van der Waals surface area contributed by atoms with Crippen LogP contribution in [0.4, 0.5) is 10.1 Å². The van der Waals surface area contributed by atoms with E-state index in [1.165, 1.54) is 12.1 Å². The van der Waals surface area contributed by atoms with Gasteiger partial charge in [-0.25, -0.2) is 4.39 Å². The molecule has 24 heavy (non-hydrogen) atoms. The number of carbonyl (C=O) groups is 2. The number of rotatable bonds is 3. The Morgan fingerprint density at radius 2 is 2.12 bits per heavy atom. The SMILES string of the molecule is CC1CC(C(=O)O)CN(C2CCCN(c3cccc(F)c3)C2=O)C1. The van der Waals surface area contributed by atoms with E-state index in [1.807, 2.05) is 11.8 Å². The van der Waals surface area contributed by atoms with E-state index in [4.69, 9.17) is 0 Å². The third-order valence-electron chi connectivity index (χ3n) is 5.01. The standard InChI is InChI=1S/C18H23FN2O3/c1-12-8-13(18(23)24)11-20(10-12)16-6-3-7-21(17(16)22)15-5-2-4-14(19)9-15/h2,4-5,9,12-13,16H,3,6-8,10-11H2,1H3,(H,23,24). The van der Waals surface area contributed by atoms with Crippen LogP contribution in [-0.2, 0) is 9.59 Å². The molecule has 3 unspecified atom stereocenters. The predicted octanol–water partition coefficient (Wildman–Crippen LogP) is 2.36. The molecule has 0 aliphatic carbocycles. The van der Waals surface area contributed by atoms with E-state index < -0.39 is 11.9 Å². The lowest BCUT2D eigenvalue weighted by atomic mass is 9.88. The Hall–Kier alpha value is -1.95. The molecule has 1 aromatic rings. The molecule has 1 N–H and O–H groups in total. The molecule has 2 aliphatic rings. The number of hydrogen-bond acceptors (Lipinski definition) is 3. The van der Waals surface area contributed by atoms with Crippen molar-refractivity contribution in [2.24, 2.45) is 11.8 Å². The number of hydrogen-bond donors (Lipinski definition) is 1. The fourth-order valence-corrected chi connectivity index (χ4v) is 3.92. The van der Waals surface area contributed by atoms with E-state index in [-0.39, 0.29) is 23.7 Å². The van der Waals surface area contributed by atoms with Gasteiger partial charge in [0.1, 0.15) is 5.82 Å². The topological polar surface area (TPSA) is 60.9 Å². The first-order chi connectivity index (χ1) is 11.5. The van der Waals surface area contributed by atoms with Gasteiger partial charge in [0.2, 0.25) is 5.91 Å². The van der Waals surface area contributed by atoms with Crippen molar-refractivity contribution in [2.45, 2.75) is 32.2 Å². The van der Waals surface area contributed by atoms with Crippen LogP contribution in [0.25, 0.3) is 0 Å². The first-order valence-corrected chi connectivity index (χ1v) is 8.49. The van der Waals surface area contributed by atoms with Gasteiger partial charge in [0.05, 0.1) is 12.0 Å². The molecule has 2 fully saturated rings. The maximum atomic E-state index is 13.5. The maximum absolute atomic E-state index is 13.5. The van der Waals surface area contributed by atoms with Gasteiger partial charge in [-0.15, -0.1) is 0 Å². The van der Waals surface area contributed by atoms with Crippen LogP contribution in [0.15, 0.2) is 24.3 Å². The minimum atomic E-state index is -0.795. The average molecular weight is 334 g/mol. The highest BCUT2D eigenvalue weighted by Gasteiger charge is 2.39. The highest BCUT2D eigenvalue weighted by Crippen LogP contribution is 2.29. The summed E-state index contributed by atoms with van der Waals surface area (Å²) in [5, 5.41) is 9.33. The van der Waals surface area contributed by atoms with Crippen molar-refractivity contribution >= 4 is 17.6 Å². The zero-order chi connectivity index (χ0) is 17.3. The molecule has 0 aromatic heterocycles. The Balaban J connectivity index is 1.78. The number of likely N-dealkylation sites (tertiary alicyclic amines) is 1. The van der Waals surface area contributed by atoms with Gasteiger partial charge >= 0.3 is 5.97 Å². The van der Waals surface area contributed by atoms with Crippen molar-refractivity contribution in [1.29, 1.82) is 0 Å². The highest BCUT2D eigenvalue weighted by atomic mass is 19.1. The van der Waals surface area contributed by atoms with Crippen LogP contribution < -0.4 is 4.90 Å². The van der Waals surface area contributed by atoms with E-state index in [0.717, 1.165) is 19.4 Å². The van der Waals surface area contributed by atoms with Crippen LogP contribution >= 0.6 is 0 Å². The molecule has 0 radical (unpaired) electrons. The van der Waals surface area contributed by atoms with Crippen LogP contribution in [0.3, 0.4) is 0 Å². The summed E-state index contributed by atoms with van der Waals surface area (Å²) in [5.41, 5.74) is 0.574. The fourth-order valence-electron chi connectivity index (χ4n) is 3.92. The minimum absolute atomic E-state index is 0.0508. The molecular formula is C18H23FN2O3. The predicted molar refractivity (Wildman–Crippen MR) is 88.3 cm³/mol. The second-order valence-corrected chi connectivity index (χ2v) is 6.96. The van der Waals surface area contributed by atoms with Crippen molar-refractivity contribution in [3.05, 3.63) is 30.1 Å². The van der Waals surface area contributed by atoms with E-state index in [2.05, 4.69) is 0 Å². The van der Waals surface area contributed by atoms with Crippen molar-refractivity contribution in [1.82, 2.24) is 4.90 Å². The van der Waals surface area contributed by atoms with Gasteiger partial charge in [0.15, 0.2) is 0 Å². The van der Waals surface area contributed by atoms with Gasteiger partial charge in [-0.2, -0.15) is 0 Å². The van der Waals surface area contributed by atoms with Crippen molar-refractivity contribution in [2.75, 3.05) is 24.5 Å². The fraction of sp³-hybridized carbons (Fsp3) is 0.556. The van der Waals surface area contributed by atoms with Crippen LogP contribution in [0.5, 0.6) is 0 Å². The third-order valence-corrected chi connectivity index (χ3v) is 5.01. The lowest BCUT2D eigenvalue weighted by Gasteiger charge is -2.43. The Morgan fingerprint density at radius 3 is 2.83 bits per heavy atom. The number of anilines is 1. The monoisotopic (exact) mass is 334 g/mol. The van der Waals surface area contributed by atoms with Crippen LogP contribution in [0, 0.1) is 17.7 Å². The number of carbonyl (C=O) groups excluding carboxylic acids is 1. The number of amides is 1. The molecule has 5 nitrogen and oxygen atoms in total. The lowest BCUT2D eigenvalue weighted by molar-refractivity contribution is -0.146. The average Bonchev–Trinajstić information content (AvgIpc) is 2.54. The molecule has 1 amide bonds. The number of carboxylic acid groups (broad SMARTS) is 1. The molecule has 2 saturated heterocycles. The second-order valence-electron chi connectivity index (χ2n) is 6.96. The van der Waals surface area contributed by atoms with Gasteiger partial charge in [-0.3, -0.25) is 14.5 Å². The molecule has 2 aliphatic heterocycles. The molecule has 3 atom stereocenters. The van der Waals surface area contributed by atoms with Crippen molar-refractivity contribution < 1.29 is 19.1 Å². The number of nitrogens with zero attached hydrogens (tertiary/aromatic N) is 2. The van der Waals surface area contributed by atoms with Gasteiger partial charge in [0, 0.05) is 25.3 Å². The number of carboxylic acids is 1. The summed E-state index contributed by atoms with van der Waals surface area (Å²) >= 11 is 0. The summed E-state index contributed by atoms with van der Waals surface area (Å²) in [5.74, 6) is -1.38. The normalized spacial score (nSPS) is 28.8. The second kappa shape index (κ2) is 6.89. The third kappa shape index (κ3) is 3.43. The van der Waals surface area contributed by atoms with Gasteiger partial charge in [-0.05, 0) is 43.4 Å². The highest BCUT2D eigenvalue weighted by molar-refractivity contribution is 5.98. The Kier molecular flexibility index (Phi) is 4.85. The number of benzene rings is 1. The molecule has 0 bridgehead atoms. The smallest absolute Gasteiger partial charge is 0.307 e.